The largest absolute Gasteiger partial charge is 0.369 e. The van der Waals surface area contributed by atoms with Crippen LogP contribution in [0.15, 0.2) is 36.9 Å². The Morgan fingerprint density at radius 3 is 2.83 bits per heavy atom. The highest BCUT2D eigenvalue weighted by Gasteiger charge is 2.29. The second-order valence-corrected chi connectivity index (χ2v) is 6.63. The number of amides is 1. The SMILES string of the molecule is O=C1CCCN1CC[C@H]1CN(CCn2cncn2)c2ccccc21. The van der Waals surface area contributed by atoms with Gasteiger partial charge in [0.05, 0.1) is 6.54 Å². The van der Waals surface area contributed by atoms with Gasteiger partial charge in [-0.3, -0.25) is 9.48 Å². The first kappa shape index (κ1) is 15.2. The van der Waals surface area contributed by atoms with Gasteiger partial charge in [-0.25, -0.2) is 4.98 Å². The summed E-state index contributed by atoms with van der Waals surface area (Å²) < 4.78 is 1.87. The van der Waals surface area contributed by atoms with Gasteiger partial charge in [-0.15, -0.1) is 0 Å². The summed E-state index contributed by atoms with van der Waals surface area (Å²) in [6, 6.07) is 8.67. The molecule has 1 aromatic heterocycles. The number of carbonyl (C=O) groups excluding carboxylic acids is 1. The van der Waals surface area contributed by atoms with Crippen molar-refractivity contribution in [2.24, 2.45) is 0 Å². The number of aromatic nitrogens is 3. The van der Waals surface area contributed by atoms with Crippen molar-refractivity contribution in [1.29, 1.82) is 0 Å². The van der Waals surface area contributed by atoms with Crippen molar-refractivity contribution in [1.82, 2.24) is 19.7 Å². The first-order valence-electron chi connectivity index (χ1n) is 8.75. The quantitative estimate of drug-likeness (QED) is 0.814. The van der Waals surface area contributed by atoms with Crippen LogP contribution in [-0.4, -0.2) is 51.8 Å². The van der Waals surface area contributed by atoms with Crippen LogP contribution in [0.4, 0.5) is 5.69 Å². The minimum atomic E-state index is 0.323. The van der Waals surface area contributed by atoms with Crippen LogP contribution in [0.1, 0.15) is 30.7 Å². The van der Waals surface area contributed by atoms with Gasteiger partial charge in [0.25, 0.3) is 0 Å². The fraction of sp³-hybridized carbons (Fsp3) is 0.500. The zero-order valence-corrected chi connectivity index (χ0v) is 13.8. The average molecular weight is 325 g/mol. The van der Waals surface area contributed by atoms with Gasteiger partial charge in [-0.1, -0.05) is 18.2 Å². The molecule has 6 heteroatoms. The lowest BCUT2D eigenvalue weighted by molar-refractivity contribution is -0.127. The van der Waals surface area contributed by atoms with Crippen LogP contribution in [-0.2, 0) is 11.3 Å². The molecule has 1 fully saturated rings. The van der Waals surface area contributed by atoms with Gasteiger partial charge in [-0.2, -0.15) is 5.10 Å². The molecule has 0 bridgehead atoms. The van der Waals surface area contributed by atoms with E-state index in [0.29, 0.717) is 11.8 Å². The van der Waals surface area contributed by atoms with Crippen LogP contribution < -0.4 is 4.90 Å². The summed E-state index contributed by atoms with van der Waals surface area (Å²) in [5, 5.41) is 4.18. The van der Waals surface area contributed by atoms with Crippen LogP contribution in [0.2, 0.25) is 0 Å². The Kier molecular flexibility index (Phi) is 4.19. The first-order chi connectivity index (χ1) is 11.8. The highest BCUT2D eigenvalue weighted by atomic mass is 16.2. The van der Waals surface area contributed by atoms with Crippen molar-refractivity contribution in [2.75, 3.05) is 31.1 Å². The third kappa shape index (κ3) is 3.00. The maximum absolute atomic E-state index is 11.8. The molecule has 3 heterocycles. The second-order valence-electron chi connectivity index (χ2n) is 6.63. The van der Waals surface area contributed by atoms with E-state index in [1.165, 1.54) is 11.3 Å². The van der Waals surface area contributed by atoms with Crippen molar-refractivity contribution >= 4 is 11.6 Å². The Morgan fingerprint density at radius 2 is 2.04 bits per heavy atom. The molecule has 0 aliphatic carbocycles. The van der Waals surface area contributed by atoms with Gasteiger partial charge in [0, 0.05) is 44.2 Å². The van der Waals surface area contributed by atoms with E-state index in [0.717, 1.165) is 52.0 Å². The number of nitrogens with zero attached hydrogens (tertiary/aromatic N) is 5. The Labute approximate surface area is 142 Å². The maximum atomic E-state index is 11.8. The van der Waals surface area contributed by atoms with E-state index < -0.39 is 0 Å². The van der Waals surface area contributed by atoms with Gasteiger partial charge < -0.3 is 9.80 Å². The van der Waals surface area contributed by atoms with E-state index in [-0.39, 0.29) is 0 Å². The third-order valence-corrected chi connectivity index (χ3v) is 5.14. The lowest BCUT2D eigenvalue weighted by Crippen LogP contribution is -2.29. The van der Waals surface area contributed by atoms with Crippen molar-refractivity contribution in [3.05, 3.63) is 42.5 Å². The molecule has 1 atom stereocenters. The van der Waals surface area contributed by atoms with Crippen LogP contribution >= 0.6 is 0 Å². The highest BCUT2D eigenvalue weighted by molar-refractivity contribution is 5.78. The summed E-state index contributed by atoms with van der Waals surface area (Å²) in [5.74, 6) is 0.828. The van der Waals surface area contributed by atoms with E-state index in [1.54, 1.807) is 12.7 Å². The molecule has 2 aromatic rings. The number of likely N-dealkylation sites (tertiary alicyclic amines) is 1. The summed E-state index contributed by atoms with van der Waals surface area (Å²) in [4.78, 5) is 20.3. The molecular weight excluding hydrogens is 302 g/mol. The van der Waals surface area contributed by atoms with Crippen molar-refractivity contribution in [3.8, 4) is 0 Å². The molecule has 6 nitrogen and oxygen atoms in total. The van der Waals surface area contributed by atoms with Crippen LogP contribution in [0.3, 0.4) is 0 Å². The zero-order valence-electron chi connectivity index (χ0n) is 13.8. The van der Waals surface area contributed by atoms with Gasteiger partial charge in [0.1, 0.15) is 12.7 Å². The Balaban J connectivity index is 1.41. The number of carbonyl (C=O) groups is 1. The maximum Gasteiger partial charge on any atom is 0.222 e. The van der Waals surface area contributed by atoms with E-state index in [9.17, 15) is 4.79 Å². The molecule has 0 spiro atoms. The number of rotatable bonds is 6. The Bertz CT molecular complexity index is 699. The number of fused-ring (bicyclic) bond motifs is 1. The third-order valence-electron chi connectivity index (χ3n) is 5.14. The van der Waals surface area contributed by atoms with Gasteiger partial charge >= 0.3 is 0 Å². The molecule has 0 saturated carbocycles. The summed E-state index contributed by atoms with van der Waals surface area (Å²) in [7, 11) is 0. The van der Waals surface area contributed by atoms with Crippen LogP contribution in [0, 0.1) is 0 Å². The monoisotopic (exact) mass is 325 g/mol. The number of benzene rings is 1. The standard InChI is InChI=1S/C18H23N5O/c24-18-6-3-8-21(18)9-7-15-12-22(10-11-23-14-19-13-20-23)17-5-2-1-4-16(15)17/h1-2,4-5,13-15H,3,6-12H2/t15-/m0/s1. The number of para-hydroxylation sites is 1. The van der Waals surface area contributed by atoms with Crippen LogP contribution in [0.5, 0.6) is 0 Å². The van der Waals surface area contributed by atoms with E-state index in [4.69, 9.17) is 0 Å². The lowest BCUT2D eigenvalue weighted by Gasteiger charge is -2.21. The Hall–Kier alpha value is -2.37. The minimum Gasteiger partial charge on any atom is -0.369 e. The molecule has 24 heavy (non-hydrogen) atoms. The van der Waals surface area contributed by atoms with E-state index in [1.807, 2.05) is 9.58 Å². The van der Waals surface area contributed by atoms with Crippen molar-refractivity contribution < 1.29 is 4.79 Å². The van der Waals surface area contributed by atoms with Crippen LogP contribution in [0.25, 0.3) is 0 Å². The second kappa shape index (κ2) is 6.63. The molecule has 4 rings (SSSR count). The number of hydrogen-bond donors (Lipinski definition) is 0. The molecule has 1 amide bonds. The molecule has 0 unspecified atom stereocenters. The normalized spacial score (nSPS) is 20.0. The average Bonchev–Trinajstić information content (AvgIpc) is 3.32. The molecule has 2 aliphatic heterocycles. The van der Waals surface area contributed by atoms with Gasteiger partial charge in [0.2, 0.25) is 5.91 Å². The predicted octanol–water partition coefficient (Wildman–Crippen LogP) is 1.89. The van der Waals surface area contributed by atoms with Gasteiger partial charge in [-0.05, 0) is 24.5 Å². The first-order valence-corrected chi connectivity index (χ1v) is 8.75. The van der Waals surface area contributed by atoms with Crippen molar-refractivity contribution in [3.63, 3.8) is 0 Å². The predicted molar refractivity (Wildman–Crippen MR) is 91.8 cm³/mol. The van der Waals surface area contributed by atoms with E-state index >= 15 is 0 Å². The fourth-order valence-corrected chi connectivity index (χ4v) is 3.87. The molecule has 1 aromatic carbocycles. The smallest absolute Gasteiger partial charge is 0.222 e. The number of hydrogen-bond acceptors (Lipinski definition) is 4. The molecule has 0 radical (unpaired) electrons. The van der Waals surface area contributed by atoms with E-state index in [2.05, 4.69) is 39.2 Å². The lowest BCUT2D eigenvalue weighted by atomic mass is 9.98. The summed E-state index contributed by atoms with van der Waals surface area (Å²) in [6.07, 6.45) is 6.13. The summed E-state index contributed by atoms with van der Waals surface area (Å²) >= 11 is 0. The summed E-state index contributed by atoms with van der Waals surface area (Å²) in [5.41, 5.74) is 2.75. The zero-order chi connectivity index (χ0) is 16.4. The van der Waals surface area contributed by atoms with Crippen molar-refractivity contribution in [2.45, 2.75) is 31.7 Å². The minimum absolute atomic E-state index is 0.323. The molecule has 0 N–H and O–H groups in total. The molecule has 1 saturated heterocycles. The highest BCUT2D eigenvalue weighted by Crippen LogP contribution is 2.38. The molecule has 2 aliphatic rings. The molecular formula is C18H23N5O. The fourth-order valence-electron chi connectivity index (χ4n) is 3.87. The van der Waals surface area contributed by atoms with Gasteiger partial charge in [0.15, 0.2) is 0 Å². The topological polar surface area (TPSA) is 54.3 Å². The summed E-state index contributed by atoms with van der Waals surface area (Å²) in [6.45, 7) is 4.61. The number of anilines is 1. The Morgan fingerprint density at radius 1 is 1.12 bits per heavy atom. The molecule has 126 valence electrons.